The van der Waals surface area contributed by atoms with Gasteiger partial charge in [-0.2, -0.15) is 0 Å². The largest absolute Gasteiger partial charge is 0.445 e. The first kappa shape index (κ1) is 14.8. The Morgan fingerprint density at radius 3 is 2.75 bits per heavy atom. The first-order valence-electron chi connectivity index (χ1n) is 6.84. The van der Waals surface area contributed by atoms with Crippen molar-refractivity contribution in [3.8, 4) is 0 Å². The van der Waals surface area contributed by atoms with Gasteiger partial charge in [0.25, 0.3) is 5.91 Å². The minimum Gasteiger partial charge on any atom is -0.445 e. The predicted molar refractivity (Wildman–Crippen MR) is 80.1 cm³/mol. The van der Waals surface area contributed by atoms with E-state index in [0.29, 0.717) is 17.3 Å². The lowest BCUT2D eigenvalue weighted by Gasteiger charge is -2.14. The summed E-state index contributed by atoms with van der Waals surface area (Å²) in [6.45, 7) is 7.82. The maximum atomic E-state index is 12.3. The zero-order chi connectivity index (χ0) is 14.7. The highest BCUT2D eigenvalue weighted by atomic mass is 32.1. The molecule has 1 amide bonds. The Morgan fingerprint density at radius 1 is 1.50 bits per heavy atom. The number of oxazole rings is 1. The molecule has 0 unspecified atom stereocenters. The fourth-order valence-corrected chi connectivity index (χ4v) is 2.83. The molecule has 0 saturated heterocycles. The molecule has 108 valence electrons. The Morgan fingerprint density at radius 2 is 2.25 bits per heavy atom. The van der Waals surface area contributed by atoms with Crippen molar-refractivity contribution in [2.45, 2.75) is 46.1 Å². The predicted octanol–water partition coefficient (Wildman–Crippen LogP) is 4.05. The standard InChI is InChI=1S/C15H20N2O2S/c1-5-11(12-7-6-8-20-12)16-14(18)13-10(4)19-15(17-13)9(2)3/h6-9,11H,5H2,1-4H3,(H,16,18)/t11-/m1/s1. The number of carbonyl (C=O) groups is 1. The van der Waals surface area contributed by atoms with E-state index in [0.717, 1.165) is 11.3 Å². The molecule has 1 atom stereocenters. The molecule has 5 heteroatoms. The van der Waals surface area contributed by atoms with E-state index in [4.69, 9.17) is 4.42 Å². The van der Waals surface area contributed by atoms with E-state index in [1.165, 1.54) is 0 Å². The van der Waals surface area contributed by atoms with Gasteiger partial charge < -0.3 is 9.73 Å². The highest BCUT2D eigenvalue weighted by molar-refractivity contribution is 7.10. The summed E-state index contributed by atoms with van der Waals surface area (Å²) >= 11 is 1.65. The van der Waals surface area contributed by atoms with Gasteiger partial charge in [0.15, 0.2) is 11.6 Å². The Kier molecular flexibility index (Phi) is 4.60. The van der Waals surface area contributed by atoms with Crippen LogP contribution in [0, 0.1) is 6.92 Å². The van der Waals surface area contributed by atoms with Crippen LogP contribution in [-0.2, 0) is 0 Å². The number of aromatic nitrogens is 1. The van der Waals surface area contributed by atoms with Gasteiger partial charge in [-0.3, -0.25) is 4.79 Å². The van der Waals surface area contributed by atoms with Crippen LogP contribution in [0.3, 0.4) is 0 Å². The van der Waals surface area contributed by atoms with E-state index in [1.807, 2.05) is 31.4 Å². The van der Waals surface area contributed by atoms with Crippen LogP contribution < -0.4 is 5.32 Å². The summed E-state index contributed by atoms with van der Waals surface area (Å²) in [5, 5.41) is 5.04. The van der Waals surface area contributed by atoms with Gasteiger partial charge in [0.05, 0.1) is 6.04 Å². The van der Waals surface area contributed by atoms with Gasteiger partial charge >= 0.3 is 0 Å². The highest BCUT2D eigenvalue weighted by Gasteiger charge is 2.21. The Balaban J connectivity index is 2.15. The molecule has 0 aliphatic rings. The fraction of sp³-hybridized carbons (Fsp3) is 0.467. The molecule has 1 N–H and O–H groups in total. The lowest BCUT2D eigenvalue weighted by atomic mass is 10.2. The van der Waals surface area contributed by atoms with Crippen LogP contribution in [-0.4, -0.2) is 10.9 Å². The Bertz CT molecular complexity index is 573. The van der Waals surface area contributed by atoms with Gasteiger partial charge in [-0.25, -0.2) is 4.98 Å². The molecule has 0 saturated carbocycles. The fourth-order valence-electron chi connectivity index (χ4n) is 1.97. The maximum Gasteiger partial charge on any atom is 0.274 e. The first-order valence-corrected chi connectivity index (χ1v) is 7.72. The summed E-state index contributed by atoms with van der Waals surface area (Å²) in [4.78, 5) is 17.8. The topological polar surface area (TPSA) is 55.1 Å². The van der Waals surface area contributed by atoms with Crippen LogP contribution in [0.2, 0.25) is 0 Å². The van der Waals surface area contributed by atoms with Gasteiger partial charge in [0, 0.05) is 10.8 Å². The van der Waals surface area contributed by atoms with Crippen LogP contribution >= 0.6 is 11.3 Å². The quantitative estimate of drug-likeness (QED) is 0.904. The molecule has 0 aromatic carbocycles. The summed E-state index contributed by atoms with van der Waals surface area (Å²) < 4.78 is 5.53. The van der Waals surface area contributed by atoms with Gasteiger partial charge in [0.2, 0.25) is 0 Å². The normalized spacial score (nSPS) is 12.7. The number of amides is 1. The molecule has 20 heavy (non-hydrogen) atoms. The van der Waals surface area contributed by atoms with Crippen molar-refractivity contribution in [3.63, 3.8) is 0 Å². The highest BCUT2D eigenvalue weighted by Crippen LogP contribution is 2.23. The number of carbonyl (C=O) groups excluding carboxylic acids is 1. The third kappa shape index (κ3) is 3.10. The molecule has 0 fully saturated rings. The summed E-state index contributed by atoms with van der Waals surface area (Å²) in [5.41, 5.74) is 0.392. The number of aryl methyl sites for hydroxylation is 1. The third-order valence-corrected chi connectivity index (χ3v) is 4.11. The number of hydrogen-bond donors (Lipinski definition) is 1. The molecule has 2 aromatic rings. The molecule has 2 rings (SSSR count). The van der Waals surface area contributed by atoms with Crippen molar-refractivity contribution in [1.29, 1.82) is 0 Å². The van der Waals surface area contributed by atoms with Crippen molar-refractivity contribution >= 4 is 17.2 Å². The molecular formula is C15H20N2O2S. The summed E-state index contributed by atoms with van der Waals surface area (Å²) in [6, 6.07) is 4.06. The average molecular weight is 292 g/mol. The number of thiophene rings is 1. The van der Waals surface area contributed by atoms with E-state index >= 15 is 0 Å². The van der Waals surface area contributed by atoms with Crippen LogP contribution in [0.15, 0.2) is 21.9 Å². The Labute approximate surface area is 123 Å². The molecular weight excluding hydrogens is 272 g/mol. The number of hydrogen-bond acceptors (Lipinski definition) is 4. The number of rotatable bonds is 5. The summed E-state index contributed by atoms with van der Waals surface area (Å²) in [5.74, 6) is 1.19. The van der Waals surface area contributed by atoms with E-state index < -0.39 is 0 Å². The minimum atomic E-state index is -0.168. The second-order valence-corrected chi connectivity index (χ2v) is 6.04. The third-order valence-electron chi connectivity index (χ3n) is 3.12. The Hall–Kier alpha value is -1.62. The van der Waals surface area contributed by atoms with Crippen LogP contribution in [0.1, 0.15) is 66.2 Å². The zero-order valence-electron chi connectivity index (χ0n) is 12.3. The first-order chi connectivity index (χ1) is 9.52. The van der Waals surface area contributed by atoms with Gasteiger partial charge in [-0.1, -0.05) is 26.8 Å². The van der Waals surface area contributed by atoms with Crippen molar-refractivity contribution < 1.29 is 9.21 Å². The van der Waals surface area contributed by atoms with Crippen LogP contribution in [0.25, 0.3) is 0 Å². The van der Waals surface area contributed by atoms with E-state index in [2.05, 4.69) is 17.2 Å². The molecule has 0 aliphatic heterocycles. The molecule has 2 aromatic heterocycles. The lowest BCUT2D eigenvalue weighted by molar-refractivity contribution is 0.0930. The second kappa shape index (κ2) is 6.22. The molecule has 0 spiro atoms. The van der Waals surface area contributed by atoms with Crippen LogP contribution in [0.4, 0.5) is 0 Å². The van der Waals surface area contributed by atoms with Gasteiger partial charge in [0.1, 0.15) is 5.76 Å². The monoisotopic (exact) mass is 292 g/mol. The second-order valence-electron chi connectivity index (χ2n) is 5.06. The van der Waals surface area contributed by atoms with E-state index in [9.17, 15) is 4.79 Å². The molecule has 2 heterocycles. The number of nitrogens with one attached hydrogen (secondary N) is 1. The molecule has 0 bridgehead atoms. The zero-order valence-corrected chi connectivity index (χ0v) is 13.1. The van der Waals surface area contributed by atoms with E-state index in [1.54, 1.807) is 18.3 Å². The SMILES string of the molecule is CC[C@@H](NC(=O)c1nc(C(C)C)oc1C)c1cccs1. The summed E-state index contributed by atoms with van der Waals surface area (Å²) in [6.07, 6.45) is 0.847. The lowest BCUT2D eigenvalue weighted by Crippen LogP contribution is -2.28. The van der Waals surface area contributed by atoms with Crippen molar-refractivity contribution in [1.82, 2.24) is 10.3 Å². The van der Waals surface area contributed by atoms with Gasteiger partial charge in [-0.05, 0) is 24.8 Å². The average Bonchev–Trinajstić information content (AvgIpc) is 3.04. The number of nitrogens with zero attached hydrogens (tertiary/aromatic N) is 1. The van der Waals surface area contributed by atoms with Gasteiger partial charge in [-0.15, -0.1) is 11.3 Å². The van der Waals surface area contributed by atoms with Crippen molar-refractivity contribution in [2.24, 2.45) is 0 Å². The summed E-state index contributed by atoms with van der Waals surface area (Å²) in [7, 11) is 0. The smallest absolute Gasteiger partial charge is 0.274 e. The van der Waals surface area contributed by atoms with Crippen molar-refractivity contribution in [3.05, 3.63) is 39.7 Å². The van der Waals surface area contributed by atoms with Crippen LogP contribution in [0.5, 0.6) is 0 Å². The molecule has 4 nitrogen and oxygen atoms in total. The molecule has 0 radical (unpaired) electrons. The molecule has 0 aliphatic carbocycles. The minimum absolute atomic E-state index is 0.0288. The van der Waals surface area contributed by atoms with Crippen molar-refractivity contribution in [2.75, 3.05) is 0 Å². The van der Waals surface area contributed by atoms with E-state index in [-0.39, 0.29) is 17.9 Å². The maximum absolute atomic E-state index is 12.3.